The fourth-order valence-corrected chi connectivity index (χ4v) is 3.69. The van der Waals surface area contributed by atoms with Gasteiger partial charge in [0.15, 0.2) is 0 Å². The van der Waals surface area contributed by atoms with E-state index in [0.29, 0.717) is 36.3 Å². The third kappa shape index (κ3) is 11.2. The predicted octanol–water partition coefficient (Wildman–Crippen LogP) is 4.91. The maximum Gasteiger partial charge on any atom is 0.414 e. The van der Waals surface area contributed by atoms with E-state index in [1.54, 1.807) is 39.0 Å². The number of rotatable bonds is 13. The zero-order valence-electron chi connectivity index (χ0n) is 23.8. The number of methoxy groups -OCH3 is 2. The van der Waals surface area contributed by atoms with Crippen molar-refractivity contribution in [1.82, 2.24) is 10.6 Å². The summed E-state index contributed by atoms with van der Waals surface area (Å²) < 4.78 is 20.9. The minimum Gasteiger partial charge on any atom is -0.494 e. The molecule has 1 rings (SSSR count). The van der Waals surface area contributed by atoms with Gasteiger partial charge in [0.25, 0.3) is 0 Å². The van der Waals surface area contributed by atoms with Crippen molar-refractivity contribution in [1.29, 1.82) is 0 Å². The molecule has 1 unspecified atom stereocenters. The number of carbonyl (C=O) groups is 3. The van der Waals surface area contributed by atoms with Crippen LogP contribution in [0.25, 0.3) is 0 Å². The SMILES string of the molecule is C=CCCCC(CC)(CC(=O)OC)NC(=NCc1cc(C(=O)OC)ccc1OCC)NC(=O)OC(C)(C)C. The molecule has 10 heteroatoms. The number of aliphatic imine (C=N–C) groups is 1. The van der Waals surface area contributed by atoms with Gasteiger partial charge in [-0.25, -0.2) is 14.6 Å². The molecule has 0 radical (unpaired) electrons. The number of nitrogens with one attached hydrogen (secondary N) is 2. The average molecular weight is 534 g/mol. The van der Waals surface area contributed by atoms with Gasteiger partial charge in [-0.05, 0) is 71.6 Å². The molecule has 10 nitrogen and oxygen atoms in total. The Hall–Kier alpha value is -3.56. The van der Waals surface area contributed by atoms with Gasteiger partial charge in [0.05, 0.1) is 44.9 Å². The van der Waals surface area contributed by atoms with Crippen LogP contribution >= 0.6 is 0 Å². The van der Waals surface area contributed by atoms with Crippen molar-refractivity contribution in [2.24, 2.45) is 4.99 Å². The van der Waals surface area contributed by atoms with Crippen LogP contribution in [0.5, 0.6) is 5.75 Å². The number of guanidine groups is 1. The van der Waals surface area contributed by atoms with Gasteiger partial charge >= 0.3 is 18.0 Å². The van der Waals surface area contributed by atoms with Crippen molar-refractivity contribution in [2.75, 3.05) is 20.8 Å². The molecule has 0 heterocycles. The number of benzene rings is 1. The van der Waals surface area contributed by atoms with E-state index in [4.69, 9.17) is 18.9 Å². The van der Waals surface area contributed by atoms with Crippen LogP contribution in [0.2, 0.25) is 0 Å². The van der Waals surface area contributed by atoms with E-state index in [1.165, 1.54) is 14.2 Å². The van der Waals surface area contributed by atoms with Crippen LogP contribution in [0.4, 0.5) is 4.79 Å². The van der Waals surface area contributed by atoms with E-state index in [9.17, 15) is 14.4 Å². The first-order valence-electron chi connectivity index (χ1n) is 12.8. The first-order valence-corrected chi connectivity index (χ1v) is 12.8. The zero-order chi connectivity index (χ0) is 28.8. The van der Waals surface area contributed by atoms with Gasteiger partial charge < -0.3 is 24.3 Å². The Morgan fingerprint density at radius 2 is 1.82 bits per heavy atom. The molecule has 0 spiro atoms. The van der Waals surface area contributed by atoms with Crippen molar-refractivity contribution in [3.05, 3.63) is 42.0 Å². The van der Waals surface area contributed by atoms with Crippen molar-refractivity contribution in [3.63, 3.8) is 0 Å². The summed E-state index contributed by atoms with van der Waals surface area (Å²) >= 11 is 0. The summed E-state index contributed by atoms with van der Waals surface area (Å²) in [5.74, 6) is -0.217. The van der Waals surface area contributed by atoms with Gasteiger partial charge in [-0.15, -0.1) is 6.58 Å². The van der Waals surface area contributed by atoms with Gasteiger partial charge in [-0.2, -0.15) is 0 Å². The third-order valence-electron chi connectivity index (χ3n) is 5.64. The summed E-state index contributed by atoms with van der Waals surface area (Å²) in [6.07, 6.45) is 3.85. The molecule has 0 aliphatic heterocycles. The lowest BCUT2D eigenvalue weighted by Crippen LogP contribution is -2.55. The second-order valence-electron chi connectivity index (χ2n) is 9.73. The topological polar surface area (TPSA) is 125 Å². The van der Waals surface area contributed by atoms with E-state index in [0.717, 1.165) is 12.8 Å². The van der Waals surface area contributed by atoms with Crippen molar-refractivity contribution in [2.45, 2.75) is 84.4 Å². The lowest BCUT2D eigenvalue weighted by atomic mass is 9.86. The minimum atomic E-state index is -0.749. The molecule has 1 aromatic rings. The molecular weight excluding hydrogens is 490 g/mol. The maximum atomic E-state index is 12.7. The fraction of sp³-hybridized carbons (Fsp3) is 0.571. The Bertz CT molecular complexity index is 985. The van der Waals surface area contributed by atoms with E-state index in [-0.39, 0.29) is 24.9 Å². The lowest BCUT2D eigenvalue weighted by Gasteiger charge is -2.34. The summed E-state index contributed by atoms with van der Waals surface area (Å²) in [5.41, 5.74) is -0.527. The molecule has 0 saturated carbocycles. The van der Waals surface area contributed by atoms with Crippen LogP contribution in [0.15, 0.2) is 35.8 Å². The minimum absolute atomic E-state index is 0.0585. The van der Waals surface area contributed by atoms with Crippen LogP contribution in [0, 0.1) is 0 Å². The van der Waals surface area contributed by atoms with E-state index in [2.05, 4.69) is 22.2 Å². The highest BCUT2D eigenvalue weighted by Crippen LogP contribution is 2.25. The molecule has 38 heavy (non-hydrogen) atoms. The number of ether oxygens (including phenoxy) is 4. The maximum absolute atomic E-state index is 12.7. The summed E-state index contributed by atoms with van der Waals surface area (Å²) in [4.78, 5) is 41.8. The monoisotopic (exact) mass is 533 g/mol. The molecule has 212 valence electrons. The third-order valence-corrected chi connectivity index (χ3v) is 5.64. The van der Waals surface area contributed by atoms with Crippen LogP contribution < -0.4 is 15.4 Å². The largest absolute Gasteiger partial charge is 0.494 e. The molecule has 0 aromatic heterocycles. The lowest BCUT2D eigenvalue weighted by molar-refractivity contribution is -0.142. The fourth-order valence-electron chi connectivity index (χ4n) is 3.69. The predicted molar refractivity (Wildman–Crippen MR) is 146 cm³/mol. The molecule has 0 aliphatic carbocycles. The Morgan fingerprint density at radius 3 is 2.37 bits per heavy atom. The summed E-state index contributed by atoms with van der Waals surface area (Å²) in [7, 11) is 2.64. The van der Waals surface area contributed by atoms with E-state index >= 15 is 0 Å². The number of hydrogen-bond acceptors (Lipinski definition) is 8. The number of allylic oxidation sites excluding steroid dienone is 1. The summed E-state index contributed by atoms with van der Waals surface area (Å²) in [6, 6.07) is 4.93. The second-order valence-corrected chi connectivity index (χ2v) is 9.73. The Balaban J connectivity index is 3.47. The molecular formula is C28H43N3O7. The normalized spacial score (nSPS) is 13.1. The number of nitrogens with zero attached hydrogens (tertiary/aromatic N) is 1. The second kappa shape index (κ2) is 15.6. The van der Waals surface area contributed by atoms with Crippen molar-refractivity contribution in [3.8, 4) is 5.75 Å². The first-order chi connectivity index (χ1) is 17.9. The number of esters is 2. The highest BCUT2D eigenvalue weighted by molar-refractivity contribution is 5.95. The zero-order valence-corrected chi connectivity index (χ0v) is 23.8. The van der Waals surface area contributed by atoms with Gasteiger partial charge in [-0.1, -0.05) is 13.0 Å². The molecule has 0 fully saturated rings. The highest BCUT2D eigenvalue weighted by atomic mass is 16.6. The van der Waals surface area contributed by atoms with Crippen LogP contribution in [-0.4, -0.2) is 56.0 Å². The van der Waals surface area contributed by atoms with Gasteiger partial charge in [-0.3, -0.25) is 10.1 Å². The van der Waals surface area contributed by atoms with Crippen LogP contribution in [0.1, 0.15) is 82.6 Å². The smallest absolute Gasteiger partial charge is 0.414 e. The van der Waals surface area contributed by atoms with Crippen LogP contribution in [-0.2, 0) is 25.5 Å². The summed E-state index contributed by atoms with van der Waals surface area (Å²) in [6.45, 7) is 13.3. The highest BCUT2D eigenvalue weighted by Gasteiger charge is 2.33. The van der Waals surface area contributed by atoms with Gasteiger partial charge in [0, 0.05) is 5.56 Å². The molecule has 1 aromatic carbocycles. The Labute approximate surface area is 226 Å². The Morgan fingerprint density at radius 1 is 1.11 bits per heavy atom. The van der Waals surface area contributed by atoms with Crippen LogP contribution in [0.3, 0.4) is 0 Å². The van der Waals surface area contributed by atoms with E-state index < -0.39 is 23.2 Å². The van der Waals surface area contributed by atoms with Gasteiger partial charge in [0.1, 0.15) is 11.4 Å². The average Bonchev–Trinajstić information content (AvgIpc) is 2.86. The Kier molecular flexibility index (Phi) is 13.4. The number of amides is 1. The molecule has 0 aliphatic rings. The number of hydrogen-bond donors (Lipinski definition) is 2. The molecule has 1 atom stereocenters. The number of carbonyl (C=O) groups excluding carboxylic acids is 3. The quantitative estimate of drug-likeness (QED) is 0.0915. The molecule has 0 bridgehead atoms. The van der Waals surface area contributed by atoms with Crippen molar-refractivity contribution >= 4 is 24.0 Å². The number of alkyl carbamates (subject to hydrolysis) is 1. The standard InChI is InChI=1S/C28H43N3O7/c1-9-12-13-16-28(10-2,18-23(32)35-7)31-25(30-26(34)38-27(4,5)6)29-19-21-17-20(24(33)36-8)14-15-22(21)37-11-3/h9,14-15,17H,1,10-13,16,18-19H2,2-8H3,(H2,29,30,31,34). The first kappa shape index (κ1) is 32.5. The molecule has 0 saturated heterocycles. The van der Waals surface area contributed by atoms with Crippen molar-refractivity contribution < 1.29 is 33.3 Å². The number of unbranched alkanes of at least 4 members (excludes halogenated alkanes) is 1. The molecule has 2 N–H and O–H groups in total. The molecule has 1 amide bonds. The summed E-state index contributed by atoms with van der Waals surface area (Å²) in [5, 5.41) is 5.99. The van der Waals surface area contributed by atoms with E-state index in [1.807, 2.05) is 19.9 Å². The van der Waals surface area contributed by atoms with Gasteiger partial charge in [0.2, 0.25) is 5.96 Å².